The van der Waals surface area contributed by atoms with E-state index < -0.39 is 0 Å². The summed E-state index contributed by atoms with van der Waals surface area (Å²) in [4.78, 5) is 0. The van der Waals surface area contributed by atoms with Gasteiger partial charge >= 0.3 is 1.43 Å². The van der Waals surface area contributed by atoms with Crippen LogP contribution in [0.3, 0.4) is 0 Å². The normalized spacial score (nSPS) is 19.0. The third kappa shape index (κ3) is 1.79. The first kappa shape index (κ1) is 11.3. The Hall–Kier alpha value is -2.54. The lowest BCUT2D eigenvalue weighted by atomic mass is 9.92. The van der Waals surface area contributed by atoms with Crippen molar-refractivity contribution < 1.29 is 1.43 Å². The quantitative estimate of drug-likeness (QED) is 0.796. The molecular weight excluding hydrogens is 242 g/mol. The third-order valence-electron chi connectivity index (χ3n) is 3.79. The fourth-order valence-corrected chi connectivity index (χ4v) is 2.80. The zero-order valence-electron chi connectivity index (χ0n) is 12.1. The summed E-state index contributed by atoms with van der Waals surface area (Å²) in [6, 6.07) is 8.48. The van der Waals surface area contributed by atoms with E-state index in [1.54, 1.807) is 0 Å². The maximum atomic E-state index is 3.51. The largest absolute Gasteiger partial charge is 1.00 e. The van der Waals surface area contributed by atoms with Crippen molar-refractivity contribution in [3.8, 4) is 0 Å². The van der Waals surface area contributed by atoms with Gasteiger partial charge in [0.15, 0.2) is 0 Å². The fourth-order valence-electron chi connectivity index (χ4n) is 2.80. The van der Waals surface area contributed by atoms with Crippen LogP contribution < -0.4 is 5.32 Å². The van der Waals surface area contributed by atoms with Crippen LogP contribution in [0.25, 0.3) is 5.57 Å². The van der Waals surface area contributed by atoms with E-state index in [-0.39, 0.29) is 1.43 Å². The molecule has 0 aromatic heterocycles. The Morgan fingerprint density at radius 2 is 2.05 bits per heavy atom. The number of rotatable bonds is 1. The van der Waals surface area contributed by atoms with Crippen molar-refractivity contribution in [1.29, 1.82) is 0 Å². The molecule has 1 heterocycles. The molecule has 0 saturated heterocycles. The van der Waals surface area contributed by atoms with Gasteiger partial charge in [0.1, 0.15) is 0 Å². The average molecular weight is 257 g/mol. The molecule has 1 radical (unpaired) electrons. The van der Waals surface area contributed by atoms with Crippen molar-refractivity contribution in [2.45, 2.75) is 6.42 Å². The predicted molar refractivity (Wildman–Crippen MR) is 83.6 cm³/mol. The smallest absolute Gasteiger partial charge is 0.361 e. The van der Waals surface area contributed by atoms with Crippen LogP contribution in [0, 0.1) is 6.08 Å². The van der Waals surface area contributed by atoms with E-state index in [0.717, 1.165) is 12.1 Å². The molecule has 0 bridgehead atoms. The fraction of sp³-hybridized carbons (Fsp3) is 0.0526. The van der Waals surface area contributed by atoms with E-state index in [0.29, 0.717) is 0 Å². The van der Waals surface area contributed by atoms with Gasteiger partial charge in [0, 0.05) is 11.9 Å². The maximum Gasteiger partial charge on any atom is 1.00 e. The number of allylic oxidation sites excluding steroid dienone is 8. The van der Waals surface area contributed by atoms with Crippen LogP contribution >= 0.6 is 0 Å². The summed E-state index contributed by atoms with van der Waals surface area (Å²) in [5, 5.41) is 3.33. The highest BCUT2D eigenvalue weighted by Crippen LogP contribution is 2.39. The Balaban J connectivity index is 0.00000132. The third-order valence-corrected chi connectivity index (χ3v) is 3.79. The van der Waals surface area contributed by atoms with Crippen molar-refractivity contribution in [1.82, 2.24) is 5.32 Å². The van der Waals surface area contributed by atoms with Gasteiger partial charge in [-0.05, 0) is 58.6 Å². The molecule has 1 aromatic rings. The van der Waals surface area contributed by atoms with Crippen LogP contribution in [0.2, 0.25) is 0 Å². The number of nitrogens with one attached hydrogen (secondary N) is 1. The van der Waals surface area contributed by atoms with Crippen LogP contribution in [0.4, 0.5) is 0 Å². The van der Waals surface area contributed by atoms with Crippen molar-refractivity contribution in [2.24, 2.45) is 0 Å². The van der Waals surface area contributed by atoms with Gasteiger partial charge in [0.05, 0.1) is 0 Å². The van der Waals surface area contributed by atoms with E-state index >= 15 is 0 Å². The number of benzene rings is 1. The molecule has 0 unspecified atom stereocenters. The summed E-state index contributed by atoms with van der Waals surface area (Å²) >= 11 is 0. The van der Waals surface area contributed by atoms with Gasteiger partial charge in [-0.3, -0.25) is 0 Å². The van der Waals surface area contributed by atoms with Gasteiger partial charge in [-0.15, -0.1) is 0 Å². The van der Waals surface area contributed by atoms with Gasteiger partial charge < -0.3 is 5.32 Å². The Morgan fingerprint density at radius 1 is 1.10 bits per heavy atom. The molecule has 3 aliphatic rings. The van der Waals surface area contributed by atoms with Crippen LogP contribution in [0.15, 0.2) is 83.8 Å². The van der Waals surface area contributed by atoms with Crippen molar-refractivity contribution >= 4 is 5.57 Å². The van der Waals surface area contributed by atoms with E-state index in [2.05, 4.69) is 60.0 Å². The minimum atomic E-state index is 0. The van der Waals surface area contributed by atoms with E-state index in [1.807, 2.05) is 18.4 Å². The summed E-state index contributed by atoms with van der Waals surface area (Å²) < 4.78 is 0. The molecule has 2 aliphatic carbocycles. The lowest BCUT2D eigenvalue weighted by Crippen LogP contribution is -2.08. The van der Waals surface area contributed by atoms with Crippen LogP contribution in [-0.4, -0.2) is 0 Å². The highest BCUT2D eigenvalue weighted by atomic mass is 14.8. The summed E-state index contributed by atoms with van der Waals surface area (Å²) in [6.45, 7) is 0. The van der Waals surface area contributed by atoms with Gasteiger partial charge in [-0.2, -0.15) is 0 Å². The van der Waals surface area contributed by atoms with E-state index in [9.17, 15) is 0 Å². The maximum absolute atomic E-state index is 3.51. The predicted octanol–water partition coefficient (Wildman–Crippen LogP) is 4.16. The Labute approximate surface area is 120 Å². The van der Waals surface area contributed by atoms with Gasteiger partial charge in [-0.1, -0.05) is 42.5 Å². The zero-order chi connectivity index (χ0) is 13.4. The molecule has 20 heavy (non-hydrogen) atoms. The molecule has 0 spiro atoms. The Kier molecular flexibility index (Phi) is 2.56. The number of hydrogen-bond donors (Lipinski definition) is 1. The number of hydrogen-bond acceptors (Lipinski definition) is 1. The second-order valence-electron chi connectivity index (χ2n) is 5.04. The van der Waals surface area contributed by atoms with Crippen molar-refractivity contribution in [2.75, 3.05) is 0 Å². The number of fused-ring (bicyclic) bond motifs is 3. The standard InChI is InChI=1S/C19H14N/c1-2-8-19(20-11-5-1)16-10-9-15-12-14-6-3-4-7-17(14)18(15)13-16/h1-8,10-11,13,20H,9H2/p+1. The molecule has 0 fully saturated rings. The van der Waals surface area contributed by atoms with Crippen LogP contribution in [-0.2, 0) is 0 Å². The first-order valence-corrected chi connectivity index (χ1v) is 6.87. The molecule has 0 amide bonds. The molecule has 1 nitrogen and oxygen atoms in total. The minimum Gasteiger partial charge on any atom is -0.361 e. The highest BCUT2D eigenvalue weighted by molar-refractivity contribution is 5.89. The molecule has 1 aromatic carbocycles. The summed E-state index contributed by atoms with van der Waals surface area (Å²) in [5.41, 5.74) is 7.53. The summed E-state index contributed by atoms with van der Waals surface area (Å²) in [6.07, 6.45) is 19.2. The molecule has 1 heteroatoms. The van der Waals surface area contributed by atoms with E-state index in [4.69, 9.17) is 0 Å². The Bertz CT molecular complexity index is 758. The second kappa shape index (κ2) is 4.53. The van der Waals surface area contributed by atoms with Crippen molar-refractivity contribution in [3.63, 3.8) is 0 Å². The zero-order valence-corrected chi connectivity index (χ0v) is 11.1. The molecule has 0 atom stereocenters. The molecule has 1 N–H and O–H groups in total. The first-order chi connectivity index (χ1) is 9.92. The van der Waals surface area contributed by atoms with Crippen LogP contribution in [0.5, 0.6) is 0 Å². The monoisotopic (exact) mass is 257 g/mol. The van der Waals surface area contributed by atoms with Gasteiger partial charge in [-0.25, -0.2) is 0 Å². The second-order valence-corrected chi connectivity index (χ2v) is 5.04. The Morgan fingerprint density at radius 3 is 3.05 bits per heavy atom. The summed E-state index contributed by atoms with van der Waals surface area (Å²) in [5.74, 6) is 0. The molecule has 95 valence electrons. The molecular formula is C19H15N+. The lowest BCUT2D eigenvalue weighted by Gasteiger charge is -2.16. The minimum absolute atomic E-state index is 0. The molecule has 0 saturated carbocycles. The van der Waals surface area contributed by atoms with Crippen LogP contribution in [0.1, 0.15) is 19.0 Å². The molecule has 4 rings (SSSR count). The summed E-state index contributed by atoms with van der Waals surface area (Å²) in [7, 11) is 0. The van der Waals surface area contributed by atoms with Gasteiger partial charge in [0.25, 0.3) is 0 Å². The highest BCUT2D eigenvalue weighted by Gasteiger charge is 2.21. The molecule has 1 aliphatic heterocycles. The van der Waals surface area contributed by atoms with Gasteiger partial charge in [0.2, 0.25) is 0 Å². The van der Waals surface area contributed by atoms with E-state index in [1.165, 1.54) is 27.8 Å². The SMILES string of the molecule is [C]1=C2CC=C(C3=CC=CC=CN3)C=C2c2ccccc21.[H+]. The topological polar surface area (TPSA) is 12.0 Å². The lowest BCUT2D eigenvalue weighted by molar-refractivity contribution is 1.07. The first-order valence-electron chi connectivity index (χ1n) is 6.87. The average Bonchev–Trinajstić information content (AvgIpc) is 2.67. The van der Waals surface area contributed by atoms with Crippen molar-refractivity contribution in [3.05, 3.63) is 101 Å².